The third kappa shape index (κ3) is 5.61. The number of likely N-dealkylation sites (N-methyl/N-ethyl adjacent to an activating group) is 1. The van der Waals surface area contributed by atoms with Gasteiger partial charge in [-0.1, -0.05) is 12.6 Å². The van der Waals surface area contributed by atoms with E-state index in [0.29, 0.717) is 29.6 Å². The smallest absolute Gasteiger partial charge is 0.247 e. The highest BCUT2D eigenvalue weighted by atomic mass is 16.5. The zero-order chi connectivity index (χ0) is 25.7. The van der Waals surface area contributed by atoms with Gasteiger partial charge in [0.15, 0.2) is 0 Å². The van der Waals surface area contributed by atoms with Gasteiger partial charge >= 0.3 is 0 Å². The van der Waals surface area contributed by atoms with Gasteiger partial charge < -0.3 is 25.6 Å². The van der Waals surface area contributed by atoms with Gasteiger partial charge in [-0.15, -0.1) is 0 Å². The number of hydrogen-bond donors (Lipinski definition) is 3. The van der Waals surface area contributed by atoms with E-state index in [-0.39, 0.29) is 5.91 Å². The first kappa shape index (κ1) is 24.7. The highest BCUT2D eigenvalue weighted by Crippen LogP contribution is 2.36. The molecule has 0 saturated heterocycles. The summed E-state index contributed by atoms with van der Waals surface area (Å²) >= 11 is 0. The molecule has 10 nitrogen and oxygen atoms in total. The Bertz CT molecular complexity index is 1400. The van der Waals surface area contributed by atoms with Crippen molar-refractivity contribution in [2.45, 2.75) is 0 Å². The molecule has 186 valence electrons. The third-order valence-corrected chi connectivity index (χ3v) is 5.60. The lowest BCUT2D eigenvalue weighted by Gasteiger charge is -2.19. The Labute approximate surface area is 210 Å². The van der Waals surface area contributed by atoms with Crippen molar-refractivity contribution in [2.24, 2.45) is 7.05 Å². The van der Waals surface area contributed by atoms with Crippen molar-refractivity contribution in [1.29, 1.82) is 0 Å². The van der Waals surface area contributed by atoms with Crippen molar-refractivity contribution < 1.29 is 9.53 Å². The van der Waals surface area contributed by atoms with Crippen LogP contribution in [0.15, 0.2) is 61.4 Å². The first-order valence-electron chi connectivity index (χ1n) is 11.4. The van der Waals surface area contributed by atoms with Crippen LogP contribution in [0.1, 0.15) is 0 Å². The maximum absolute atomic E-state index is 12.1. The summed E-state index contributed by atoms with van der Waals surface area (Å²) in [5.41, 5.74) is 4.68. The molecule has 0 aliphatic rings. The first-order chi connectivity index (χ1) is 17.4. The molecule has 10 heteroatoms. The van der Waals surface area contributed by atoms with E-state index < -0.39 is 0 Å². The second kappa shape index (κ2) is 10.9. The predicted octanol–water partition coefficient (Wildman–Crippen LogP) is 3.88. The van der Waals surface area contributed by atoms with Crippen molar-refractivity contribution in [3.05, 3.63) is 61.4 Å². The van der Waals surface area contributed by atoms with E-state index in [1.807, 2.05) is 62.4 Å². The van der Waals surface area contributed by atoms with Crippen LogP contribution >= 0.6 is 0 Å². The van der Waals surface area contributed by atoms with Gasteiger partial charge in [0, 0.05) is 43.4 Å². The number of rotatable bonds is 10. The zero-order valence-electron chi connectivity index (χ0n) is 20.9. The second-order valence-corrected chi connectivity index (χ2v) is 8.45. The van der Waals surface area contributed by atoms with Crippen LogP contribution in [-0.4, -0.2) is 64.9 Å². The maximum Gasteiger partial charge on any atom is 0.247 e. The number of nitrogens with one attached hydrogen (secondary N) is 3. The summed E-state index contributed by atoms with van der Waals surface area (Å²) in [6, 6.07) is 11.5. The van der Waals surface area contributed by atoms with Crippen LogP contribution in [0.3, 0.4) is 0 Å². The highest BCUT2D eigenvalue weighted by molar-refractivity contribution is 6.02. The molecule has 0 spiro atoms. The molecule has 0 saturated carbocycles. The lowest BCUT2D eigenvalue weighted by molar-refractivity contribution is -0.111. The standard InChI is InChI=1S/C26H30N8O2/c1-6-25(35)30-21-14-22(24(36-5)15-20(21)27-11-12-33(2)3)32-26-28-10-9-19(31-26)17-7-8-23-18(13-17)16-29-34(23)4/h6-10,13-16,27H,1,11-12H2,2-5H3,(H,30,35)(H,28,31,32). The number of hydrogen-bond acceptors (Lipinski definition) is 8. The molecule has 2 aromatic carbocycles. The quantitative estimate of drug-likeness (QED) is 0.290. The van der Waals surface area contributed by atoms with Crippen LogP contribution in [0, 0.1) is 0 Å². The number of fused-ring (bicyclic) bond motifs is 1. The largest absolute Gasteiger partial charge is 0.494 e. The Morgan fingerprint density at radius 1 is 1.17 bits per heavy atom. The molecule has 2 heterocycles. The molecule has 4 aromatic rings. The maximum atomic E-state index is 12.1. The molecule has 0 atom stereocenters. The lowest BCUT2D eigenvalue weighted by Crippen LogP contribution is -2.21. The molecule has 3 N–H and O–H groups in total. The number of anilines is 4. The molecule has 2 aromatic heterocycles. The Morgan fingerprint density at radius 3 is 2.75 bits per heavy atom. The van der Waals surface area contributed by atoms with Crippen LogP contribution in [0.2, 0.25) is 0 Å². The average Bonchev–Trinajstić information content (AvgIpc) is 3.25. The van der Waals surface area contributed by atoms with Gasteiger partial charge in [0.05, 0.1) is 41.6 Å². The molecule has 0 aliphatic carbocycles. The summed E-state index contributed by atoms with van der Waals surface area (Å²) in [6.07, 6.45) is 4.76. The summed E-state index contributed by atoms with van der Waals surface area (Å²) in [4.78, 5) is 23.2. The van der Waals surface area contributed by atoms with Gasteiger partial charge in [-0.2, -0.15) is 5.10 Å². The Morgan fingerprint density at radius 2 is 2.00 bits per heavy atom. The van der Waals surface area contributed by atoms with E-state index in [0.717, 1.165) is 34.4 Å². The summed E-state index contributed by atoms with van der Waals surface area (Å²) in [5, 5.41) is 14.8. The van der Waals surface area contributed by atoms with Gasteiger partial charge in [0.25, 0.3) is 0 Å². The van der Waals surface area contributed by atoms with Gasteiger partial charge in [0.1, 0.15) is 5.75 Å². The molecule has 0 bridgehead atoms. The predicted molar refractivity (Wildman–Crippen MR) is 144 cm³/mol. The Balaban J connectivity index is 1.64. The fourth-order valence-electron chi connectivity index (χ4n) is 3.72. The van der Waals surface area contributed by atoms with Crippen LogP contribution < -0.4 is 20.7 Å². The molecular weight excluding hydrogens is 456 g/mol. The van der Waals surface area contributed by atoms with Gasteiger partial charge in [-0.3, -0.25) is 9.48 Å². The molecule has 1 amide bonds. The van der Waals surface area contributed by atoms with Crippen LogP contribution in [0.4, 0.5) is 23.0 Å². The molecule has 0 aliphatic heterocycles. The molecule has 0 unspecified atom stereocenters. The highest BCUT2D eigenvalue weighted by Gasteiger charge is 2.14. The number of methoxy groups -OCH3 is 1. The van der Waals surface area contributed by atoms with Crippen LogP contribution in [0.25, 0.3) is 22.2 Å². The number of aryl methyl sites for hydroxylation is 1. The van der Waals surface area contributed by atoms with Gasteiger partial charge in [-0.25, -0.2) is 9.97 Å². The SMILES string of the molecule is C=CC(=O)Nc1cc(Nc2nccc(-c3ccc4c(cnn4C)c3)n2)c(OC)cc1NCCN(C)C. The molecule has 4 rings (SSSR count). The fourth-order valence-corrected chi connectivity index (χ4v) is 3.72. The molecular formula is C26H30N8O2. The van der Waals surface area contributed by atoms with Crippen LogP contribution in [-0.2, 0) is 11.8 Å². The summed E-state index contributed by atoms with van der Waals surface area (Å²) in [6.45, 7) is 5.06. The second-order valence-electron chi connectivity index (χ2n) is 8.45. The Kier molecular flexibility index (Phi) is 7.45. The summed E-state index contributed by atoms with van der Waals surface area (Å²) in [5.74, 6) is 0.655. The summed E-state index contributed by atoms with van der Waals surface area (Å²) in [7, 11) is 7.50. The summed E-state index contributed by atoms with van der Waals surface area (Å²) < 4.78 is 7.46. The number of carbonyl (C=O) groups is 1. The van der Waals surface area contributed by atoms with Gasteiger partial charge in [-0.05, 0) is 44.4 Å². The number of nitrogens with zero attached hydrogens (tertiary/aromatic N) is 5. The van der Waals surface area contributed by atoms with E-state index in [4.69, 9.17) is 9.72 Å². The number of benzene rings is 2. The van der Waals surface area contributed by atoms with E-state index in [2.05, 4.69) is 37.5 Å². The van der Waals surface area contributed by atoms with E-state index in [9.17, 15) is 4.79 Å². The number of aromatic nitrogens is 4. The number of carbonyl (C=O) groups excluding carboxylic acids is 1. The minimum atomic E-state index is -0.314. The van der Waals surface area contributed by atoms with E-state index in [1.54, 1.807) is 19.4 Å². The first-order valence-corrected chi connectivity index (χ1v) is 11.4. The average molecular weight is 487 g/mol. The Hall–Kier alpha value is -4.44. The molecule has 36 heavy (non-hydrogen) atoms. The van der Waals surface area contributed by atoms with Crippen LogP contribution in [0.5, 0.6) is 5.75 Å². The fraction of sp³-hybridized carbons (Fsp3) is 0.231. The van der Waals surface area contributed by atoms with E-state index >= 15 is 0 Å². The normalized spacial score (nSPS) is 10.9. The van der Waals surface area contributed by atoms with Crippen molar-refractivity contribution in [3.63, 3.8) is 0 Å². The van der Waals surface area contributed by atoms with Crippen molar-refractivity contribution in [1.82, 2.24) is 24.6 Å². The third-order valence-electron chi connectivity index (χ3n) is 5.60. The van der Waals surface area contributed by atoms with E-state index in [1.165, 1.54) is 6.08 Å². The molecule has 0 fully saturated rings. The van der Waals surface area contributed by atoms with Crippen molar-refractivity contribution in [2.75, 3.05) is 50.2 Å². The minimum absolute atomic E-state index is 0.314. The zero-order valence-corrected chi connectivity index (χ0v) is 20.9. The van der Waals surface area contributed by atoms with Crippen molar-refractivity contribution >= 4 is 39.8 Å². The number of ether oxygens (including phenoxy) is 1. The minimum Gasteiger partial charge on any atom is -0.494 e. The van der Waals surface area contributed by atoms with Crippen molar-refractivity contribution in [3.8, 4) is 17.0 Å². The monoisotopic (exact) mass is 486 g/mol. The number of amides is 1. The lowest BCUT2D eigenvalue weighted by atomic mass is 10.1. The van der Waals surface area contributed by atoms with Gasteiger partial charge in [0.2, 0.25) is 11.9 Å². The molecule has 0 radical (unpaired) electrons. The topological polar surface area (TPSA) is 109 Å².